The Balaban J connectivity index is 1.89. The van der Waals surface area contributed by atoms with E-state index in [0.29, 0.717) is 13.0 Å². The van der Waals surface area contributed by atoms with Crippen LogP contribution in [-0.4, -0.2) is 29.6 Å². The average molecular weight is 507 g/mol. The van der Waals surface area contributed by atoms with Crippen molar-refractivity contribution >= 4 is 18.4 Å². The third-order valence-corrected chi connectivity index (χ3v) is 12.4. The van der Waals surface area contributed by atoms with Crippen molar-refractivity contribution in [2.75, 3.05) is 6.61 Å². The number of hydrogen-bond acceptors (Lipinski definition) is 5. The van der Waals surface area contributed by atoms with Crippen LogP contribution in [0.2, 0.25) is 18.1 Å². The highest BCUT2D eigenvalue weighted by atomic mass is 32.2. The molecule has 7 heteroatoms. The molecule has 0 radical (unpaired) electrons. The molecule has 0 N–H and O–H groups in total. The molecule has 34 heavy (non-hydrogen) atoms. The lowest BCUT2D eigenvalue weighted by molar-refractivity contribution is -0.104. The van der Waals surface area contributed by atoms with E-state index in [1.54, 1.807) is 24.3 Å². The molecule has 0 heterocycles. The van der Waals surface area contributed by atoms with Crippen LogP contribution in [0.15, 0.2) is 59.5 Å². The Morgan fingerprint density at radius 2 is 1.53 bits per heavy atom. The summed E-state index contributed by atoms with van der Waals surface area (Å²) in [5, 5.41) is 0.0884. The smallest absolute Gasteiger partial charge is 0.296 e. The molecule has 2 aromatic carbocycles. The largest absolute Gasteiger partial charge is 0.392 e. The minimum absolute atomic E-state index is 0.0884. The fraction of sp³-hybridized carbons (Fsp3) is 0.556. The van der Waals surface area contributed by atoms with Crippen molar-refractivity contribution in [3.63, 3.8) is 0 Å². The van der Waals surface area contributed by atoms with E-state index in [-0.39, 0.29) is 28.7 Å². The minimum atomic E-state index is -3.73. The molecule has 0 aliphatic heterocycles. The van der Waals surface area contributed by atoms with Gasteiger partial charge in [-0.25, -0.2) is 0 Å². The van der Waals surface area contributed by atoms with Gasteiger partial charge in [-0.15, -0.1) is 0 Å². The maximum Gasteiger partial charge on any atom is 0.296 e. The normalized spacial score (nSPS) is 14.7. The molecular weight excluding hydrogens is 464 g/mol. The lowest BCUT2D eigenvalue weighted by Gasteiger charge is -2.39. The fourth-order valence-electron chi connectivity index (χ4n) is 3.14. The van der Waals surface area contributed by atoms with E-state index in [1.165, 1.54) is 0 Å². The Morgan fingerprint density at radius 3 is 2.12 bits per heavy atom. The number of benzene rings is 2. The minimum Gasteiger partial charge on any atom is -0.392 e. The second-order valence-electron chi connectivity index (χ2n) is 10.7. The summed E-state index contributed by atoms with van der Waals surface area (Å²) in [5.74, 6) is 0.277. The van der Waals surface area contributed by atoms with Gasteiger partial charge in [-0.3, -0.25) is 4.18 Å². The van der Waals surface area contributed by atoms with Gasteiger partial charge in [0.05, 0.1) is 18.1 Å². The summed E-state index contributed by atoms with van der Waals surface area (Å²) in [7, 11) is -5.73. The van der Waals surface area contributed by atoms with Gasteiger partial charge in [-0.2, -0.15) is 8.42 Å². The van der Waals surface area contributed by atoms with Crippen LogP contribution < -0.4 is 0 Å². The molecule has 2 unspecified atom stereocenters. The quantitative estimate of drug-likeness (QED) is 0.165. The van der Waals surface area contributed by atoms with Gasteiger partial charge in [-0.1, -0.05) is 75.7 Å². The van der Waals surface area contributed by atoms with Gasteiger partial charge in [0, 0.05) is 0 Å². The monoisotopic (exact) mass is 506 g/mol. The van der Waals surface area contributed by atoms with Gasteiger partial charge in [0.25, 0.3) is 10.1 Å². The Bertz CT molecular complexity index is 966. The van der Waals surface area contributed by atoms with Crippen LogP contribution >= 0.6 is 0 Å². The van der Waals surface area contributed by atoms with Gasteiger partial charge in [0.1, 0.15) is 6.29 Å². The fourth-order valence-corrected chi connectivity index (χ4v) is 5.26. The number of rotatable bonds is 13. The van der Waals surface area contributed by atoms with Gasteiger partial charge < -0.3 is 9.16 Å². The second-order valence-corrected chi connectivity index (χ2v) is 17.0. The summed E-state index contributed by atoms with van der Waals surface area (Å²) in [4.78, 5) is 0.197. The topological polar surface area (TPSA) is 61.8 Å². The van der Waals surface area contributed by atoms with Crippen LogP contribution in [0.4, 0.5) is 0 Å². The zero-order chi connectivity index (χ0) is 25.4. The van der Waals surface area contributed by atoms with E-state index in [2.05, 4.69) is 52.9 Å². The summed E-state index contributed by atoms with van der Waals surface area (Å²) < 4.78 is 42.9. The van der Waals surface area contributed by atoms with Crippen molar-refractivity contribution in [2.45, 2.75) is 89.8 Å². The predicted molar refractivity (Wildman–Crippen MR) is 141 cm³/mol. The zero-order valence-electron chi connectivity index (χ0n) is 21.8. The Hall–Kier alpha value is -1.51. The van der Waals surface area contributed by atoms with Gasteiger partial charge in [-0.05, 0) is 67.9 Å². The van der Waals surface area contributed by atoms with Crippen LogP contribution in [0.25, 0.3) is 0 Å². The van der Waals surface area contributed by atoms with Crippen LogP contribution in [0.5, 0.6) is 0 Å². The lowest BCUT2D eigenvalue weighted by Crippen LogP contribution is -2.44. The van der Waals surface area contributed by atoms with E-state index in [9.17, 15) is 8.42 Å². The summed E-state index contributed by atoms with van der Waals surface area (Å²) in [5.41, 5.74) is 2.13. The van der Waals surface area contributed by atoms with Crippen molar-refractivity contribution < 1.29 is 21.8 Å². The van der Waals surface area contributed by atoms with E-state index >= 15 is 0 Å². The number of hydrogen-bond donors (Lipinski definition) is 0. The third kappa shape index (κ3) is 9.27. The van der Waals surface area contributed by atoms with Crippen molar-refractivity contribution in [3.05, 3.63) is 65.7 Å². The number of ether oxygens (including phenoxy) is 1. The highest BCUT2D eigenvalue weighted by Gasteiger charge is 2.39. The molecule has 0 amide bonds. The first-order valence-corrected chi connectivity index (χ1v) is 16.4. The molecule has 2 aromatic rings. The predicted octanol–water partition coefficient (Wildman–Crippen LogP) is 7.07. The van der Waals surface area contributed by atoms with Crippen LogP contribution in [0.1, 0.15) is 58.1 Å². The number of aryl methyl sites for hydroxylation is 1. The highest BCUT2D eigenvalue weighted by Crippen LogP contribution is 2.38. The summed E-state index contributed by atoms with van der Waals surface area (Å²) in [6.45, 7) is 15.8. The summed E-state index contributed by atoms with van der Waals surface area (Å²) in [6, 6.07) is 16.8. The molecule has 5 nitrogen and oxygen atoms in total. The highest BCUT2D eigenvalue weighted by molar-refractivity contribution is 7.86. The molecule has 0 saturated carbocycles. The Labute approximate surface area is 208 Å². The molecule has 0 aliphatic rings. The van der Waals surface area contributed by atoms with Gasteiger partial charge >= 0.3 is 0 Å². The standard InChI is InChI=1S/C27H42O5SSi/c1-22-13-16-25(17-14-22)33(28,29)31-20-19-23(2)15-18-26(32-34(6,7)27(3,4)5)30-21-24-11-9-8-10-12-24/h8-14,16-17,23,26H,15,18-21H2,1-7H3. The van der Waals surface area contributed by atoms with Crippen molar-refractivity contribution in [1.82, 2.24) is 0 Å². The van der Waals surface area contributed by atoms with E-state index in [0.717, 1.165) is 24.0 Å². The van der Waals surface area contributed by atoms with Crippen LogP contribution in [0.3, 0.4) is 0 Å². The first kappa shape index (κ1) is 28.7. The van der Waals surface area contributed by atoms with E-state index < -0.39 is 18.4 Å². The molecule has 2 rings (SSSR count). The molecule has 0 saturated heterocycles. The van der Waals surface area contributed by atoms with E-state index in [4.69, 9.17) is 13.3 Å². The van der Waals surface area contributed by atoms with Gasteiger partial charge in [0.15, 0.2) is 8.32 Å². The van der Waals surface area contributed by atoms with Crippen molar-refractivity contribution in [2.24, 2.45) is 5.92 Å². The lowest BCUT2D eigenvalue weighted by atomic mass is 10.0. The molecule has 0 fully saturated rings. The summed E-state index contributed by atoms with van der Waals surface area (Å²) >= 11 is 0. The Kier molecular flexibility index (Phi) is 10.5. The Morgan fingerprint density at radius 1 is 0.912 bits per heavy atom. The van der Waals surface area contributed by atoms with Crippen LogP contribution in [-0.2, 0) is 30.1 Å². The maximum atomic E-state index is 12.4. The first-order chi connectivity index (χ1) is 15.8. The molecule has 190 valence electrons. The first-order valence-electron chi connectivity index (χ1n) is 12.1. The van der Waals surface area contributed by atoms with Crippen LogP contribution in [0, 0.1) is 12.8 Å². The SMILES string of the molecule is Cc1ccc(S(=O)(=O)OCCC(C)CCC(OCc2ccccc2)O[Si](C)(C)C(C)(C)C)cc1. The molecular formula is C27H42O5SSi. The van der Waals surface area contributed by atoms with E-state index in [1.807, 2.05) is 25.1 Å². The molecule has 0 aromatic heterocycles. The zero-order valence-corrected chi connectivity index (χ0v) is 23.7. The second kappa shape index (κ2) is 12.4. The molecule has 0 bridgehead atoms. The third-order valence-electron chi connectivity index (χ3n) is 6.56. The average Bonchev–Trinajstić information content (AvgIpc) is 2.75. The molecule has 0 aliphatic carbocycles. The maximum absolute atomic E-state index is 12.4. The molecule has 0 spiro atoms. The van der Waals surface area contributed by atoms with Crippen molar-refractivity contribution in [3.8, 4) is 0 Å². The van der Waals surface area contributed by atoms with Crippen molar-refractivity contribution in [1.29, 1.82) is 0 Å². The summed E-state index contributed by atoms with van der Waals surface area (Å²) in [6.07, 6.45) is 1.98. The van der Waals surface area contributed by atoms with Gasteiger partial charge in [0.2, 0.25) is 0 Å². The molecule has 2 atom stereocenters.